The third-order valence-corrected chi connectivity index (χ3v) is 4.55. The molecule has 0 aromatic heterocycles. The normalized spacial score (nSPS) is 10.8. The first-order valence-corrected chi connectivity index (χ1v) is 8.87. The molecule has 0 N–H and O–H groups in total. The number of aryl methyl sites for hydroxylation is 6. The minimum atomic E-state index is 0.548. The topological polar surface area (TPSA) is 27.7 Å². The van der Waals surface area contributed by atoms with Gasteiger partial charge in [0, 0.05) is 0 Å². The van der Waals surface area contributed by atoms with Gasteiger partial charge in [0.25, 0.3) is 0 Å². The molecule has 0 heterocycles. The molecule has 0 aliphatic heterocycles. The average Bonchev–Trinajstić information content (AvgIpc) is 2.55. The quantitative estimate of drug-likeness (QED) is 0.631. The molecule has 0 saturated heterocycles. The monoisotopic (exact) mass is 342 g/mol. The van der Waals surface area contributed by atoms with Crippen LogP contribution in [0.5, 0.6) is 11.5 Å². The minimum absolute atomic E-state index is 0.548. The van der Waals surface area contributed by atoms with Crippen molar-refractivity contribution in [3.8, 4) is 11.5 Å². The zero-order valence-corrected chi connectivity index (χ0v) is 16.4. The third kappa shape index (κ3) is 5.50. The second kappa shape index (κ2) is 8.91. The molecular formula is C22H30O3. The Balaban J connectivity index is 1.67. The lowest BCUT2D eigenvalue weighted by atomic mass is 10.1. The van der Waals surface area contributed by atoms with Crippen LogP contribution in [0, 0.1) is 41.5 Å². The van der Waals surface area contributed by atoms with E-state index in [1.165, 1.54) is 22.3 Å². The second-order valence-corrected chi connectivity index (χ2v) is 6.71. The molecule has 0 saturated carbocycles. The van der Waals surface area contributed by atoms with Gasteiger partial charge in [0.05, 0.1) is 13.2 Å². The van der Waals surface area contributed by atoms with Crippen molar-refractivity contribution in [2.24, 2.45) is 0 Å². The summed E-state index contributed by atoms with van der Waals surface area (Å²) in [6.45, 7) is 14.8. The summed E-state index contributed by atoms with van der Waals surface area (Å²) < 4.78 is 17.3. The zero-order valence-electron chi connectivity index (χ0n) is 16.4. The van der Waals surface area contributed by atoms with Gasteiger partial charge >= 0.3 is 0 Å². The van der Waals surface area contributed by atoms with Crippen molar-refractivity contribution in [2.45, 2.75) is 41.5 Å². The van der Waals surface area contributed by atoms with Crippen LogP contribution in [-0.4, -0.2) is 26.4 Å². The molecular weight excluding hydrogens is 312 g/mol. The molecule has 0 bridgehead atoms. The van der Waals surface area contributed by atoms with Crippen molar-refractivity contribution < 1.29 is 14.2 Å². The van der Waals surface area contributed by atoms with E-state index in [1.54, 1.807) is 0 Å². The first-order chi connectivity index (χ1) is 11.9. The van der Waals surface area contributed by atoms with Crippen LogP contribution in [-0.2, 0) is 4.74 Å². The molecule has 0 spiro atoms. The largest absolute Gasteiger partial charge is 0.491 e. The van der Waals surface area contributed by atoms with E-state index < -0.39 is 0 Å². The SMILES string of the molecule is Cc1cc(C)c(OCCOCCOc2cc(C)c(C)cc2C)cc1C. The number of hydrogen-bond donors (Lipinski definition) is 0. The Bertz CT molecular complexity index is 658. The highest BCUT2D eigenvalue weighted by Gasteiger charge is 2.04. The summed E-state index contributed by atoms with van der Waals surface area (Å²) in [5, 5.41) is 0. The fraction of sp³-hybridized carbons (Fsp3) is 0.455. The van der Waals surface area contributed by atoms with Crippen LogP contribution < -0.4 is 9.47 Å². The van der Waals surface area contributed by atoms with Gasteiger partial charge < -0.3 is 14.2 Å². The van der Waals surface area contributed by atoms with Crippen LogP contribution in [0.15, 0.2) is 24.3 Å². The van der Waals surface area contributed by atoms with Crippen LogP contribution in [0.25, 0.3) is 0 Å². The van der Waals surface area contributed by atoms with Gasteiger partial charge in [0.2, 0.25) is 0 Å². The van der Waals surface area contributed by atoms with E-state index in [0.29, 0.717) is 26.4 Å². The van der Waals surface area contributed by atoms with Crippen molar-refractivity contribution in [3.05, 3.63) is 57.6 Å². The van der Waals surface area contributed by atoms with E-state index in [0.717, 1.165) is 22.6 Å². The molecule has 0 fully saturated rings. The molecule has 2 rings (SSSR count). The number of rotatable bonds is 8. The molecule has 0 atom stereocenters. The summed E-state index contributed by atoms with van der Waals surface area (Å²) in [5.41, 5.74) is 7.41. The lowest BCUT2D eigenvalue weighted by Crippen LogP contribution is -2.13. The maximum Gasteiger partial charge on any atom is 0.122 e. The van der Waals surface area contributed by atoms with Gasteiger partial charge in [-0.2, -0.15) is 0 Å². The van der Waals surface area contributed by atoms with Crippen molar-refractivity contribution in [1.82, 2.24) is 0 Å². The molecule has 2 aromatic rings. The van der Waals surface area contributed by atoms with Crippen molar-refractivity contribution in [1.29, 1.82) is 0 Å². The Hall–Kier alpha value is -2.00. The van der Waals surface area contributed by atoms with Crippen LogP contribution in [0.1, 0.15) is 33.4 Å². The molecule has 3 nitrogen and oxygen atoms in total. The Morgan fingerprint density at radius 1 is 0.480 bits per heavy atom. The summed E-state index contributed by atoms with van der Waals surface area (Å²) in [7, 11) is 0. The highest BCUT2D eigenvalue weighted by atomic mass is 16.5. The molecule has 0 aliphatic rings. The van der Waals surface area contributed by atoms with Gasteiger partial charge in [-0.1, -0.05) is 12.1 Å². The molecule has 0 aliphatic carbocycles. The molecule has 0 amide bonds. The van der Waals surface area contributed by atoms with Crippen LogP contribution >= 0.6 is 0 Å². The van der Waals surface area contributed by atoms with E-state index in [2.05, 4.69) is 65.8 Å². The van der Waals surface area contributed by atoms with Crippen LogP contribution in [0.2, 0.25) is 0 Å². The Morgan fingerprint density at radius 2 is 0.840 bits per heavy atom. The fourth-order valence-corrected chi connectivity index (χ4v) is 2.70. The maximum absolute atomic E-state index is 5.82. The average molecular weight is 342 g/mol. The van der Waals surface area contributed by atoms with E-state index in [9.17, 15) is 0 Å². The fourth-order valence-electron chi connectivity index (χ4n) is 2.70. The van der Waals surface area contributed by atoms with Gasteiger partial charge in [-0.3, -0.25) is 0 Å². The molecule has 0 unspecified atom stereocenters. The van der Waals surface area contributed by atoms with E-state index in [4.69, 9.17) is 14.2 Å². The summed E-state index contributed by atoms with van der Waals surface area (Å²) in [5.74, 6) is 1.88. The summed E-state index contributed by atoms with van der Waals surface area (Å²) in [6, 6.07) is 8.50. The van der Waals surface area contributed by atoms with E-state index >= 15 is 0 Å². The molecule has 3 heteroatoms. The summed E-state index contributed by atoms with van der Waals surface area (Å²) in [4.78, 5) is 0. The van der Waals surface area contributed by atoms with Crippen LogP contribution in [0.4, 0.5) is 0 Å². The number of hydrogen-bond acceptors (Lipinski definition) is 3. The maximum atomic E-state index is 5.82. The van der Waals surface area contributed by atoms with Gasteiger partial charge in [-0.05, 0) is 87.1 Å². The summed E-state index contributed by atoms with van der Waals surface area (Å²) >= 11 is 0. The predicted molar refractivity (Wildman–Crippen MR) is 103 cm³/mol. The predicted octanol–water partition coefficient (Wildman–Crippen LogP) is 5.01. The number of benzene rings is 2. The first kappa shape index (κ1) is 19.3. The van der Waals surface area contributed by atoms with E-state index in [1.807, 2.05) is 0 Å². The van der Waals surface area contributed by atoms with Crippen LogP contribution in [0.3, 0.4) is 0 Å². The second-order valence-electron chi connectivity index (χ2n) is 6.71. The number of ether oxygens (including phenoxy) is 3. The highest BCUT2D eigenvalue weighted by Crippen LogP contribution is 2.23. The van der Waals surface area contributed by atoms with Crippen molar-refractivity contribution >= 4 is 0 Å². The molecule has 2 aromatic carbocycles. The smallest absolute Gasteiger partial charge is 0.122 e. The minimum Gasteiger partial charge on any atom is -0.491 e. The lowest BCUT2D eigenvalue weighted by molar-refractivity contribution is 0.0761. The van der Waals surface area contributed by atoms with Gasteiger partial charge in [-0.25, -0.2) is 0 Å². The molecule has 25 heavy (non-hydrogen) atoms. The Kier molecular flexibility index (Phi) is 6.89. The van der Waals surface area contributed by atoms with Crippen molar-refractivity contribution in [3.63, 3.8) is 0 Å². The van der Waals surface area contributed by atoms with Gasteiger partial charge in [0.15, 0.2) is 0 Å². The zero-order chi connectivity index (χ0) is 18.4. The Morgan fingerprint density at radius 3 is 1.24 bits per heavy atom. The van der Waals surface area contributed by atoms with Crippen molar-refractivity contribution in [2.75, 3.05) is 26.4 Å². The Labute approximate surface area is 151 Å². The third-order valence-electron chi connectivity index (χ3n) is 4.55. The lowest BCUT2D eigenvalue weighted by Gasteiger charge is -2.13. The van der Waals surface area contributed by atoms with Gasteiger partial charge in [-0.15, -0.1) is 0 Å². The molecule has 0 radical (unpaired) electrons. The highest BCUT2D eigenvalue weighted by molar-refractivity contribution is 5.41. The summed E-state index contributed by atoms with van der Waals surface area (Å²) in [6.07, 6.45) is 0. The first-order valence-electron chi connectivity index (χ1n) is 8.87. The standard InChI is InChI=1S/C22H30O3/c1-15-11-19(5)21(13-17(15)3)24-9-7-23-8-10-25-22-14-18(4)16(2)12-20(22)6/h11-14H,7-10H2,1-6H3. The molecule has 136 valence electrons. The van der Waals surface area contributed by atoms with E-state index in [-0.39, 0.29) is 0 Å². The van der Waals surface area contributed by atoms with Gasteiger partial charge in [0.1, 0.15) is 24.7 Å².